The lowest BCUT2D eigenvalue weighted by Gasteiger charge is -2.34. The molecule has 10 nitrogen and oxygen atoms in total. The molecule has 0 bridgehead atoms. The second-order valence-corrected chi connectivity index (χ2v) is 7.96. The van der Waals surface area contributed by atoms with E-state index in [0.29, 0.717) is 22.6 Å². The molecule has 0 spiro atoms. The number of morpholine rings is 1. The highest BCUT2D eigenvalue weighted by Gasteiger charge is 2.42. The first-order chi connectivity index (χ1) is 17.7. The SMILES string of the molecule is O=C(Nc1ccc(-c2noc(O)n2)cc1)[C@H](O)[C@H]1OCCN(c2cc(C(F)(F)F)cc(C(F)(F)F)c2)C1=O. The van der Waals surface area contributed by atoms with Gasteiger partial charge >= 0.3 is 18.4 Å². The molecule has 0 unspecified atom stereocenters. The number of carbonyl (C=O) groups excluding carboxylic acids is 2. The van der Waals surface area contributed by atoms with E-state index in [4.69, 9.17) is 9.84 Å². The largest absolute Gasteiger partial charge is 0.464 e. The maximum absolute atomic E-state index is 13.2. The van der Waals surface area contributed by atoms with Crippen LogP contribution in [-0.4, -0.2) is 57.5 Å². The van der Waals surface area contributed by atoms with Crippen molar-refractivity contribution in [1.82, 2.24) is 10.1 Å². The fraction of sp³-hybridized carbons (Fsp3) is 0.273. The molecular formula is C22H16F6N4O6. The molecule has 4 rings (SSSR count). The number of alkyl halides is 6. The number of aromatic nitrogens is 2. The zero-order valence-corrected chi connectivity index (χ0v) is 18.7. The summed E-state index contributed by atoms with van der Waals surface area (Å²) in [6.07, 6.45) is -15.0. The first kappa shape index (κ1) is 26.9. The molecule has 0 radical (unpaired) electrons. The number of nitrogens with one attached hydrogen (secondary N) is 1. The Morgan fingerprint density at radius 2 is 1.66 bits per heavy atom. The predicted octanol–water partition coefficient (Wildman–Crippen LogP) is 3.21. The number of aromatic hydroxyl groups is 1. The van der Waals surface area contributed by atoms with Gasteiger partial charge in [0.15, 0.2) is 12.2 Å². The third kappa shape index (κ3) is 5.70. The number of hydrogen-bond donors (Lipinski definition) is 3. The van der Waals surface area contributed by atoms with E-state index < -0.39 is 65.8 Å². The van der Waals surface area contributed by atoms with E-state index in [0.717, 1.165) is 0 Å². The highest BCUT2D eigenvalue weighted by Crippen LogP contribution is 2.39. The Bertz CT molecular complexity index is 1310. The number of ether oxygens (including phenoxy) is 1. The van der Waals surface area contributed by atoms with Crippen molar-refractivity contribution in [3.8, 4) is 17.5 Å². The minimum Gasteiger partial charge on any atom is -0.464 e. The van der Waals surface area contributed by atoms with E-state index >= 15 is 0 Å². The number of aliphatic hydroxyl groups is 1. The van der Waals surface area contributed by atoms with Gasteiger partial charge in [-0.25, -0.2) is 0 Å². The molecule has 1 aromatic heterocycles. The summed E-state index contributed by atoms with van der Waals surface area (Å²) in [5, 5.41) is 25.4. The molecule has 2 aromatic carbocycles. The molecule has 1 fully saturated rings. The minimum absolute atomic E-state index is 0.0463. The van der Waals surface area contributed by atoms with E-state index in [9.17, 15) is 41.0 Å². The molecular weight excluding hydrogens is 530 g/mol. The summed E-state index contributed by atoms with van der Waals surface area (Å²) in [6, 6.07) is 6.25. The van der Waals surface area contributed by atoms with Gasteiger partial charge in [-0.1, -0.05) is 5.16 Å². The Hall–Kier alpha value is -4.18. The first-order valence-electron chi connectivity index (χ1n) is 10.6. The lowest BCUT2D eigenvalue weighted by atomic mass is 10.1. The van der Waals surface area contributed by atoms with Gasteiger partial charge in [-0.15, -0.1) is 0 Å². The number of amides is 2. The number of benzene rings is 2. The fourth-order valence-corrected chi connectivity index (χ4v) is 3.57. The lowest BCUT2D eigenvalue weighted by molar-refractivity contribution is -0.150. The molecule has 2 amide bonds. The molecule has 1 saturated heterocycles. The van der Waals surface area contributed by atoms with Gasteiger partial charge in [-0.05, 0) is 42.5 Å². The van der Waals surface area contributed by atoms with Crippen LogP contribution in [0.2, 0.25) is 0 Å². The van der Waals surface area contributed by atoms with E-state index in [1.807, 2.05) is 0 Å². The molecule has 38 heavy (non-hydrogen) atoms. The Kier molecular flexibility index (Phi) is 7.03. The summed E-state index contributed by atoms with van der Waals surface area (Å²) < 4.78 is 89.0. The maximum Gasteiger partial charge on any atom is 0.416 e. The number of rotatable bonds is 5. The highest BCUT2D eigenvalue weighted by atomic mass is 19.4. The molecule has 3 N–H and O–H groups in total. The number of carbonyl (C=O) groups is 2. The third-order valence-electron chi connectivity index (χ3n) is 5.39. The zero-order chi connectivity index (χ0) is 27.8. The van der Waals surface area contributed by atoms with Crippen LogP contribution in [0.15, 0.2) is 47.0 Å². The first-order valence-corrected chi connectivity index (χ1v) is 10.6. The van der Waals surface area contributed by atoms with Gasteiger partial charge in [-0.2, -0.15) is 31.3 Å². The van der Waals surface area contributed by atoms with Crippen molar-refractivity contribution >= 4 is 23.2 Å². The molecule has 1 aliphatic rings. The standard InChI is InChI=1S/C22H16F6N4O6/c23-21(24,25)11-7-12(22(26,27)28)9-14(8-11)32-5-6-37-16(19(32)35)15(33)18(34)29-13-3-1-10(2-4-13)17-30-20(36)38-31-17/h1-4,7-9,15-16,33H,5-6H2,(H,29,34)(H,30,31,36)/t15-,16-/m1/s1. The second kappa shape index (κ2) is 9.94. The molecule has 202 valence electrons. The molecule has 3 aromatic rings. The number of halogens is 6. The van der Waals surface area contributed by atoms with Crippen LogP contribution in [-0.2, 0) is 26.7 Å². The fourth-order valence-electron chi connectivity index (χ4n) is 3.57. The van der Waals surface area contributed by atoms with Crippen molar-refractivity contribution in [2.45, 2.75) is 24.6 Å². The van der Waals surface area contributed by atoms with Gasteiger partial charge < -0.3 is 25.2 Å². The monoisotopic (exact) mass is 546 g/mol. The van der Waals surface area contributed by atoms with Crippen molar-refractivity contribution in [2.75, 3.05) is 23.4 Å². The summed E-state index contributed by atoms with van der Waals surface area (Å²) in [4.78, 5) is 29.6. The Morgan fingerprint density at radius 1 is 1.05 bits per heavy atom. The van der Waals surface area contributed by atoms with Gasteiger partial charge in [0.05, 0.1) is 17.7 Å². The van der Waals surface area contributed by atoms with Crippen LogP contribution < -0.4 is 10.2 Å². The summed E-state index contributed by atoms with van der Waals surface area (Å²) in [5.74, 6) is -2.29. The Balaban J connectivity index is 1.51. The predicted molar refractivity (Wildman–Crippen MR) is 115 cm³/mol. The maximum atomic E-state index is 13.2. The van der Waals surface area contributed by atoms with Crippen molar-refractivity contribution in [3.63, 3.8) is 0 Å². The van der Waals surface area contributed by atoms with Crippen LogP contribution in [0.5, 0.6) is 6.08 Å². The van der Waals surface area contributed by atoms with Crippen molar-refractivity contribution < 1.29 is 55.4 Å². The molecule has 0 saturated carbocycles. The van der Waals surface area contributed by atoms with Gasteiger partial charge in [0.2, 0.25) is 5.82 Å². The van der Waals surface area contributed by atoms with E-state index in [1.165, 1.54) is 24.3 Å². The van der Waals surface area contributed by atoms with E-state index in [-0.39, 0.29) is 24.2 Å². The van der Waals surface area contributed by atoms with Gasteiger partial charge in [0.25, 0.3) is 11.8 Å². The Morgan fingerprint density at radius 3 is 2.18 bits per heavy atom. The molecule has 2 heterocycles. The third-order valence-corrected chi connectivity index (χ3v) is 5.39. The molecule has 2 atom stereocenters. The zero-order valence-electron chi connectivity index (χ0n) is 18.7. The van der Waals surface area contributed by atoms with E-state index in [1.54, 1.807) is 0 Å². The topological polar surface area (TPSA) is 138 Å². The summed E-state index contributed by atoms with van der Waals surface area (Å²) in [5.41, 5.74) is -3.44. The van der Waals surface area contributed by atoms with Crippen molar-refractivity contribution in [1.29, 1.82) is 0 Å². The van der Waals surface area contributed by atoms with Gasteiger partial charge in [0, 0.05) is 23.5 Å². The van der Waals surface area contributed by atoms with Crippen LogP contribution in [0.1, 0.15) is 11.1 Å². The molecule has 0 aliphatic carbocycles. The number of aliphatic hydroxyl groups excluding tert-OH is 1. The summed E-state index contributed by atoms with van der Waals surface area (Å²) in [6.45, 7) is -0.806. The van der Waals surface area contributed by atoms with Crippen molar-refractivity contribution in [2.24, 2.45) is 0 Å². The smallest absolute Gasteiger partial charge is 0.416 e. The average Bonchev–Trinajstić information content (AvgIpc) is 3.29. The normalized spacial score (nSPS) is 17.4. The van der Waals surface area contributed by atoms with Crippen LogP contribution >= 0.6 is 0 Å². The minimum atomic E-state index is -5.14. The quantitative estimate of drug-likeness (QED) is 0.415. The number of nitrogens with zero attached hydrogens (tertiary/aromatic N) is 3. The van der Waals surface area contributed by atoms with Crippen molar-refractivity contribution in [3.05, 3.63) is 53.6 Å². The van der Waals surface area contributed by atoms with Gasteiger partial charge in [0.1, 0.15) is 0 Å². The summed E-state index contributed by atoms with van der Waals surface area (Å²) in [7, 11) is 0. The second-order valence-electron chi connectivity index (χ2n) is 7.96. The van der Waals surface area contributed by atoms with Gasteiger partial charge in [-0.3, -0.25) is 14.1 Å². The average molecular weight is 546 g/mol. The highest BCUT2D eigenvalue weighted by molar-refractivity contribution is 6.04. The van der Waals surface area contributed by atoms with Crippen LogP contribution in [0.25, 0.3) is 11.4 Å². The lowest BCUT2D eigenvalue weighted by Crippen LogP contribution is -2.55. The molecule has 16 heteroatoms. The molecule has 1 aliphatic heterocycles. The van der Waals surface area contributed by atoms with Crippen LogP contribution in [0, 0.1) is 0 Å². The number of anilines is 2. The summed E-state index contributed by atoms with van der Waals surface area (Å²) >= 11 is 0. The van der Waals surface area contributed by atoms with Crippen LogP contribution in [0.4, 0.5) is 37.7 Å². The number of hydrogen-bond acceptors (Lipinski definition) is 8. The van der Waals surface area contributed by atoms with Crippen LogP contribution in [0.3, 0.4) is 0 Å². The Labute approximate surface area is 208 Å². The van der Waals surface area contributed by atoms with E-state index in [2.05, 4.69) is 20.0 Å².